The van der Waals surface area contributed by atoms with E-state index in [4.69, 9.17) is 5.11 Å². The molecule has 2 amide bonds. The number of nitrogens with zero attached hydrogens (tertiary/aromatic N) is 1. The molecule has 1 saturated carbocycles. The average Bonchev–Trinajstić information content (AvgIpc) is 2.75. The summed E-state index contributed by atoms with van der Waals surface area (Å²) in [6, 6.07) is 11.6. The number of pyridine rings is 1. The predicted molar refractivity (Wildman–Crippen MR) is 107 cm³/mol. The van der Waals surface area contributed by atoms with Crippen molar-refractivity contribution in [1.82, 2.24) is 15.6 Å². The number of nitrogens with one attached hydrogen (secondary N) is 2. The van der Waals surface area contributed by atoms with Gasteiger partial charge in [-0.05, 0) is 49.4 Å². The van der Waals surface area contributed by atoms with Crippen molar-refractivity contribution in [2.45, 2.75) is 44.2 Å². The predicted octanol–water partition coefficient (Wildman–Crippen LogP) is 2.18. The topological polar surface area (TPSA) is 108 Å². The first-order valence-electron chi connectivity index (χ1n) is 9.81. The molecule has 0 bridgehead atoms. The maximum Gasteiger partial charge on any atom is 0.306 e. The van der Waals surface area contributed by atoms with Crippen LogP contribution in [-0.2, 0) is 16.0 Å². The molecule has 1 atom stereocenters. The van der Waals surface area contributed by atoms with E-state index in [1.54, 1.807) is 42.7 Å². The van der Waals surface area contributed by atoms with Gasteiger partial charge in [-0.2, -0.15) is 0 Å². The van der Waals surface area contributed by atoms with Crippen LogP contribution in [0.5, 0.6) is 0 Å². The smallest absolute Gasteiger partial charge is 0.306 e. The minimum absolute atomic E-state index is 0.0804. The number of aromatic nitrogens is 1. The SMILES string of the molecule is O=C(NC(Cc1cccnc1)C(=O)NC1CCC(C(=O)O)CC1)c1ccccc1. The van der Waals surface area contributed by atoms with Crippen LogP contribution in [0.25, 0.3) is 0 Å². The van der Waals surface area contributed by atoms with Crippen molar-refractivity contribution in [3.05, 3.63) is 66.0 Å². The van der Waals surface area contributed by atoms with Crippen LogP contribution < -0.4 is 10.6 Å². The van der Waals surface area contributed by atoms with Gasteiger partial charge in [0.15, 0.2) is 0 Å². The number of hydrogen-bond donors (Lipinski definition) is 3. The number of benzene rings is 1. The molecule has 1 aromatic carbocycles. The number of carbonyl (C=O) groups is 3. The van der Waals surface area contributed by atoms with Crippen LogP contribution in [0.15, 0.2) is 54.9 Å². The number of carboxylic acids is 1. The van der Waals surface area contributed by atoms with Crippen molar-refractivity contribution in [3.63, 3.8) is 0 Å². The van der Waals surface area contributed by atoms with Gasteiger partial charge in [0, 0.05) is 30.4 Å². The van der Waals surface area contributed by atoms with Gasteiger partial charge in [-0.25, -0.2) is 0 Å². The van der Waals surface area contributed by atoms with E-state index in [1.807, 2.05) is 12.1 Å². The second-order valence-electron chi connectivity index (χ2n) is 7.35. The lowest BCUT2D eigenvalue weighted by Gasteiger charge is -2.28. The molecule has 1 unspecified atom stereocenters. The molecule has 0 radical (unpaired) electrons. The molecule has 29 heavy (non-hydrogen) atoms. The summed E-state index contributed by atoms with van der Waals surface area (Å²) in [4.78, 5) is 40.7. The fourth-order valence-electron chi connectivity index (χ4n) is 3.58. The Kier molecular flexibility index (Phi) is 6.94. The number of carbonyl (C=O) groups excluding carboxylic acids is 2. The molecular formula is C22H25N3O4. The number of amides is 2. The Balaban J connectivity index is 1.66. The van der Waals surface area contributed by atoms with Gasteiger partial charge in [0.2, 0.25) is 5.91 Å². The van der Waals surface area contributed by atoms with Gasteiger partial charge in [0.25, 0.3) is 5.91 Å². The number of hydrogen-bond acceptors (Lipinski definition) is 4. The van der Waals surface area contributed by atoms with Gasteiger partial charge in [-0.15, -0.1) is 0 Å². The molecule has 1 fully saturated rings. The van der Waals surface area contributed by atoms with E-state index in [-0.39, 0.29) is 23.8 Å². The molecule has 152 valence electrons. The fraction of sp³-hybridized carbons (Fsp3) is 0.364. The van der Waals surface area contributed by atoms with Crippen molar-refractivity contribution in [2.75, 3.05) is 0 Å². The number of carboxylic acid groups (broad SMARTS) is 1. The summed E-state index contributed by atoms with van der Waals surface area (Å²) in [6.45, 7) is 0. The highest BCUT2D eigenvalue weighted by Gasteiger charge is 2.29. The van der Waals surface area contributed by atoms with Gasteiger partial charge < -0.3 is 15.7 Å². The third-order valence-electron chi connectivity index (χ3n) is 5.24. The van der Waals surface area contributed by atoms with Crippen LogP contribution >= 0.6 is 0 Å². The minimum atomic E-state index is -0.778. The van der Waals surface area contributed by atoms with Crippen molar-refractivity contribution in [1.29, 1.82) is 0 Å². The number of rotatable bonds is 7. The van der Waals surface area contributed by atoms with Crippen molar-refractivity contribution >= 4 is 17.8 Å². The third-order valence-corrected chi connectivity index (χ3v) is 5.24. The normalized spacial score (nSPS) is 19.7. The Hall–Kier alpha value is -3.22. The quantitative estimate of drug-likeness (QED) is 0.666. The average molecular weight is 395 g/mol. The molecule has 3 N–H and O–H groups in total. The summed E-state index contributed by atoms with van der Waals surface area (Å²) < 4.78 is 0. The third kappa shape index (κ3) is 5.88. The molecule has 2 aromatic rings. The molecule has 3 rings (SSSR count). The second kappa shape index (κ2) is 9.82. The molecule has 1 heterocycles. The summed E-state index contributed by atoms with van der Waals surface area (Å²) in [5, 5.41) is 14.9. The van der Waals surface area contributed by atoms with Gasteiger partial charge in [-0.1, -0.05) is 24.3 Å². The summed E-state index contributed by atoms with van der Waals surface area (Å²) in [5.74, 6) is -1.70. The zero-order valence-electron chi connectivity index (χ0n) is 16.1. The first kappa shape index (κ1) is 20.5. The van der Waals surface area contributed by atoms with E-state index in [9.17, 15) is 14.4 Å². The van der Waals surface area contributed by atoms with Gasteiger partial charge in [0.05, 0.1) is 5.92 Å². The highest BCUT2D eigenvalue weighted by molar-refractivity contribution is 5.97. The molecule has 1 aliphatic carbocycles. The summed E-state index contributed by atoms with van der Waals surface area (Å²) >= 11 is 0. The Morgan fingerprint density at radius 2 is 1.76 bits per heavy atom. The lowest BCUT2D eigenvalue weighted by molar-refractivity contribution is -0.142. The zero-order chi connectivity index (χ0) is 20.6. The van der Waals surface area contributed by atoms with Gasteiger partial charge in [0.1, 0.15) is 6.04 Å². The zero-order valence-corrected chi connectivity index (χ0v) is 16.1. The molecule has 0 aliphatic heterocycles. The molecule has 0 saturated heterocycles. The minimum Gasteiger partial charge on any atom is -0.481 e. The Bertz CT molecular complexity index is 834. The molecular weight excluding hydrogens is 370 g/mol. The molecule has 0 spiro atoms. The lowest BCUT2D eigenvalue weighted by Crippen LogP contribution is -2.51. The van der Waals surface area contributed by atoms with E-state index in [2.05, 4.69) is 15.6 Å². The van der Waals surface area contributed by atoms with Crippen molar-refractivity contribution in [3.8, 4) is 0 Å². The van der Waals surface area contributed by atoms with Gasteiger partial charge >= 0.3 is 5.97 Å². The van der Waals surface area contributed by atoms with E-state index >= 15 is 0 Å². The molecule has 7 heteroatoms. The van der Waals surface area contributed by atoms with E-state index in [0.717, 1.165) is 5.56 Å². The largest absolute Gasteiger partial charge is 0.481 e. The maximum absolute atomic E-state index is 12.9. The monoisotopic (exact) mass is 395 g/mol. The van der Waals surface area contributed by atoms with Crippen LogP contribution in [0.2, 0.25) is 0 Å². The number of aliphatic carboxylic acids is 1. The Labute approximate surface area is 169 Å². The van der Waals surface area contributed by atoms with E-state index < -0.39 is 12.0 Å². The Morgan fingerprint density at radius 1 is 1.03 bits per heavy atom. The van der Waals surface area contributed by atoms with Crippen molar-refractivity contribution in [2.24, 2.45) is 5.92 Å². The first-order valence-corrected chi connectivity index (χ1v) is 9.81. The fourth-order valence-corrected chi connectivity index (χ4v) is 3.58. The first-order chi connectivity index (χ1) is 14.0. The second-order valence-corrected chi connectivity index (χ2v) is 7.35. The maximum atomic E-state index is 12.9. The van der Waals surface area contributed by atoms with Crippen molar-refractivity contribution < 1.29 is 19.5 Å². The lowest BCUT2D eigenvalue weighted by atomic mass is 9.86. The van der Waals surface area contributed by atoms with Gasteiger partial charge in [-0.3, -0.25) is 19.4 Å². The van der Waals surface area contributed by atoms with Crippen LogP contribution in [0.1, 0.15) is 41.6 Å². The highest BCUT2D eigenvalue weighted by atomic mass is 16.4. The van der Waals surface area contributed by atoms with Crippen LogP contribution in [0, 0.1) is 5.92 Å². The summed E-state index contributed by atoms with van der Waals surface area (Å²) in [7, 11) is 0. The molecule has 1 aliphatic rings. The molecule has 7 nitrogen and oxygen atoms in total. The summed E-state index contributed by atoms with van der Waals surface area (Å²) in [6.07, 6.45) is 5.98. The Morgan fingerprint density at radius 3 is 2.38 bits per heavy atom. The van der Waals surface area contributed by atoms with Crippen LogP contribution in [-0.4, -0.2) is 40.0 Å². The standard InChI is InChI=1S/C22H25N3O4/c26-20(16-6-2-1-3-7-16)25-19(13-15-5-4-12-23-14-15)21(27)24-18-10-8-17(9-11-18)22(28)29/h1-7,12,14,17-19H,8-11,13H2,(H,24,27)(H,25,26)(H,28,29). The van der Waals surface area contributed by atoms with E-state index in [0.29, 0.717) is 37.7 Å². The van der Waals surface area contributed by atoms with Crippen LogP contribution in [0.4, 0.5) is 0 Å². The van der Waals surface area contributed by atoms with Crippen LogP contribution in [0.3, 0.4) is 0 Å². The highest BCUT2D eigenvalue weighted by Crippen LogP contribution is 2.24. The summed E-state index contributed by atoms with van der Waals surface area (Å²) in [5.41, 5.74) is 1.33. The van der Waals surface area contributed by atoms with E-state index in [1.165, 1.54) is 0 Å². The molecule has 1 aromatic heterocycles.